The van der Waals surface area contributed by atoms with Crippen LogP contribution in [0.15, 0.2) is 79.0 Å². The molecular weight excluding hydrogens is 610 g/mol. The number of ether oxygens (including phenoxy) is 3. The van der Waals surface area contributed by atoms with Gasteiger partial charge in [0.2, 0.25) is 5.91 Å². The number of fused-ring (bicyclic) bond motifs is 4. The number of hydrogen-bond donors (Lipinski definition) is 3. The van der Waals surface area contributed by atoms with Gasteiger partial charge in [-0.05, 0) is 75.4 Å². The van der Waals surface area contributed by atoms with Crippen LogP contribution in [0, 0.1) is 0 Å². The first-order valence-electron chi connectivity index (χ1n) is 16.1. The molecule has 2 unspecified atom stereocenters. The van der Waals surface area contributed by atoms with E-state index in [4.69, 9.17) is 14.2 Å². The average Bonchev–Trinajstić information content (AvgIpc) is 3.56. The van der Waals surface area contributed by atoms with Crippen molar-refractivity contribution in [2.24, 2.45) is 0 Å². The van der Waals surface area contributed by atoms with Crippen molar-refractivity contribution in [1.29, 1.82) is 0 Å². The van der Waals surface area contributed by atoms with Crippen LogP contribution in [0.1, 0.15) is 70.6 Å². The number of hydrogen-bond acceptors (Lipinski definition) is 7. The number of para-hydroxylation sites is 1. The van der Waals surface area contributed by atoms with Crippen LogP contribution in [-0.4, -0.2) is 58.8 Å². The number of H-pyrrole nitrogens is 1. The Morgan fingerprint density at radius 1 is 0.750 bits per heavy atom. The van der Waals surface area contributed by atoms with E-state index >= 15 is 0 Å². The van der Waals surface area contributed by atoms with Crippen LogP contribution in [0.3, 0.4) is 0 Å². The van der Waals surface area contributed by atoms with Gasteiger partial charge in [0.05, 0.1) is 6.42 Å². The molecule has 3 aromatic carbocycles. The van der Waals surface area contributed by atoms with Crippen molar-refractivity contribution in [2.45, 2.75) is 83.6 Å². The molecule has 2 amide bonds. The van der Waals surface area contributed by atoms with E-state index < -0.39 is 53.6 Å². The highest BCUT2D eigenvalue weighted by Gasteiger charge is 2.34. The normalized spacial score (nSPS) is 14.0. The summed E-state index contributed by atoms with van der Waals surface area (Å²) in [4.78, 5) is 56.6. The Balaban J connectivity index is 1.34. The van der Waals surface area contributed by atoms with Crippen LogP contribution in [-0.2, 0) is 35.0 Å². The third kappa shape index (κ3) is 8.42. The molecule has 1 aliphatic carbocycles. The van der Waals surface area contributed by atoms with E-state index in [2.05, 4.69) is 15.6 Å². The summed E-state index contributed by atoms with van der Waals surface area (Å²) in [6.45, 7) is 10.3. The standard InChI is InChI=1S/C38H43N3O7/c1-37(2,3)47-33(42)20-31(41-36(45)46-22-29-27-16-9-7-14-25(27)26-15-8-10-17-28(26)29)34(43)40-32(35(44)48-38(4,5)6)19-23-21-39-30-18-12-11-13-24(23)30/h7-18,21,29,31-32,39H,19-20,22H2,1-6H3,(H,40,43)(H,41,45). The van der Waals surface area contributed by atoms with E-state index in [1.807, 2.05) is 72.8 Å². The molecule has 252 valence electrons. The maximum absolute atomic E-state index is 13.8. The van der Waals surface area contributed by atoms with Crippen LogP contribution in [0.25, 0.3) is 22.0 Å². The van der Waals surface area contributed by atoms with Gasteiger partial charge in [-0.25, -0.2) is 9.59 Å². The molecular formula is C38H43N3O7. The maximum Gasteiger partial charge on any atom is 0.407 e. The van der Waals surface area contributed by atoms with Crippen LogP contribution in [0.2, 0.25) is 0 Å². The average molecular weight is 654 g/mol. The Morgan fingerprint density at radius 3 is 1.96 bits per heavy atom. The van der Waals surface area contributed by atoms with E-state index in [1.165, 1.54) is 0 Å². The second kappa shape index (κ2) is 13.9. The van der Waals surface area contributed by atoms with Crippen LogP contribution >= 0.6 is 0 Å². The Labute approximate surface area is 280 Å². The maximum atomic E-state index is 13.8. The molecule has 10 heteroatoms. The van der Waals surface area contributed by atoms with Crippen molar-refractivity contribution in [1.82, 2.24) is 15.6 Å². The topological polar surface area (TPSA) is 136 Å². The lowest BCUT2D eigenvalue weighted by Gasteiger charge is -2.27. The van der Waals surface area contributed by atoms with E-state index in [1.54, 1.807) is 47.7 Å². The van der Waals surface area contributed by atoms with Crippen molar-refractivity contribution >= 4 is 34.8 Å². The number of benzene rings is 3. The molecule has 0 aliphatic heterocycles. The van der Waals surface area contributed by atoms with Crippen molar-refractivity contribution in [3.05, 3.63) is 95.7 Å². The third-order valence-corrected chi connectivity index (χ3v) is 7.85. The van der Waals surface area contributed by atoms with Crippen molar-refractivity contribution in [3.8, 4) is 11.1 Å². The Hall–Kier alpha value is -5.12. The first-order valence-corrected chi connectivity index (χ1v) is 16.1. The Morgan fingerprint density at radius 2 is 1.33 bits per heavy atom. The molecule has 0 bridgehead atoms. The van der Waals surface area contributed by atoms with Crippen molar-refractivity contribution < 1.29 is 33.4 Å². The predicted molar refractivity (Wildman–Crippen MR) is 182 cm³/mol. The molecule has 0 fully saturated rings. The molecule has 4 aromatic rings. The van der Waals surface area contributed by atoms with E-state index in [0.717, 1.165) is 38.7 Å². The number of rotatable bonds is 10. The fourth-order valence-electron chi connectivity index (χ4n) is 5.90. The zero-order valence-corrected chi connectivity index (χ0v) is 28.2. The fraction of sp³-hybridized carbons (Fsp3) is 0.368. The molecule has 1 aliphatic rings. The lowest BCUT2D eigenvalue weighted by Crippen LogP contribution is -2.54. The van der Waals surface area contributed by atoms with Crippen molar-refractivity contribution in [3.63, 3.8) is 0 Å². The first kappa shape index (κ1) is 34.2. The molecule has 48 heavy (non-hydrogen) atoms. The SMILES string of the molecule is CC(C)(C)OC(=O)CC(NC(=O)OCC1c2ccccc2-c2ccccc21)C(=O)NC(Cc1c[nH]c2ccccc12)C(=O)OC(C)(C)C. The van der Waals surface area contributed by atoms with Gasteiger partial charge >= 0.3 is 18.0 Å². The second-order valence-electron chi connectivity index (χ2n) is 14.0. The molecule has 0 spiro atoms. The summed E-state index contributed by atoms with van der Waals surface area (Å²) < 4.78 is 16.8. The first-order chi connectivity index (χ1) is 22.7. The molecule has 1 aromatic heterocycles. The molecule has 0 radical (unpaired) electrons. The van der Waals surface area contributed by atoms with Gasteiger partial charge in [-0.2, -0.15) is 0 Å². The summed E-state index contributed by atoms with van der Waals surface area (Å²) in [6.07, 6.45) is 0.517. The summed E-state index contributed by atoms with van der Waals surface area (Å²) in [5, 5.41) is 6.18. The molecule has 0 saturated heterocycles. The highest BCUT2D eigenvalue weighted by atomic mass is 16.6. The number of alkyl carbamates (subject to hydrolysis) is 1. The highest BCUT2D eigenvalue weighted by molar-refractivity contribution is 5.93. The largest absolute Gasteiger partial charge is 0.460 e. The Kier molecular flexibility index (Phi) is 9.93. The van der Waals surface area contributed by atoms with Gasteiger partial charge in [0.1, 0.15) is 29.9 Å². The number of carbonyl (C=O) groups is 4. The molecule has 0 saturated carbocycles. The molecule has 5 rings (SSSR count). The molecule has 3 N–H and O–H groups in total. The lowest BCUT2D eigenvalue weighted by atomic mass is 9.98. The summed E-state index contributed by atoms with van der Waals surface area (Å²) in [5.41, 5.74) is 4.24. The summed E-state index contributed by atoms with van der Waals surface area (Å²) >= 11 is 0. The zero-order chi connectivity index (χ0) is 34.6. The monoisotopic (exact) mass is 653 g/mol. The number of aromatic nitrogens is 1. The highest BCUT2D eigenvalue weighted by Crippen LogP contribution is 2.44. The smallest absolute Gasteiger partial charge is 0.407 e. The quantitative estimate of drug-likeness (QED) is 0.137. The number of carbonyl (C=O) groups excluding carboxylic acids is 4. The number of aromatic amines is 1. The van der Waals surface area contributed by atoms with E-state index in [9.17, 15) is 19.2 Å². The van der Waals surface area contributed by atoms with Crippen LogP contribution < -0.4 is 10.6 Å². The lowest BCUT2D eigenvalue weighted by molar-refractivity contribution is -0.158. The van der Waals surface area contributed by atoms with Gasteiger partial charge in [0.25, 0.3) is 0 Å². The minimum atomic E-state index is -1.40. The molecule has 10 nitrogen and oxygen atoms in total. The predicted octanol–water partition coefficient (Wildman–Crippen LogP) is 6.18. The summed E-state index contributed by atoms with van der Waals surface area (Å²) in [7, 11) is 0. The van der Waals surface area contributed by atoms with Gasteiger partial charge in [0.15, 0.2) is 0 Å². The van der Waals surface area contributed by atoms with E-state index in [0.29, 0.717) is 0 Å². The number of esters is 2. The number of nitrogens with one attached hydrogen (secondary N) is 3. The van der Waals surface area contributed by atoms with Gasteiger partial charge < -0.3 is 29.8 Å². The number of amides is 2. The summed E-state index contributed by atoms with van der Waals surface area (Å²) in [5.74, 6) is -2.32. The summed E-state index contributed by atoms with van der Waals surface area (Å²) in [6, 6.07) is 21.0. The van der Waals surface area contributed by atoms with Crippen molar-refractivity contribution in [2.75, 3.05) is 6.61 Å². The van der Waals surface area contributed by atoms with Crippen LogP contribution in [0.5, 0.6) is 0 Å². The molecule has 1 heterocycles. The van der Waals surface area contributed by atoms with Gasteiger partial charge in [-0.3, -0.25) is 9.59 Å². The Bertz CT molecular complexity index is 1770. The molecule has 2 atom stereocenters. The zero-order valence-electron chi connectivity index (χ0n) is 28.2. The van der Waals surface area contributed by atoms with E-state index in [-0.39, 0.29) is 18.9 Å². The van der Waals surface area contributed by atoms with Gasteiger partial charge in [0, 0.05) is 29.4 Å². The van der Waals surface area contributed by atoms with Crippen LogP contribution in [0.4, 0.5) is 4.79 Å². The van der Waals surface area contributed by atoms with Gasteiger partial charge in [-0.15, -0.1) is 0 Å². The second-order valence-corrected chi connectivity index (χ2v) is 14.0. The minimum Gasteiger partial charge on any atom is -0.460 e. The fourth-order valence-corrected chi connectivity index (χ4v) is 5.90. The van der Waals surface area contributed by atoms with Gasteiger partial charge in [-0.1, -0.05) is 66.7 Å². The third-order valence-electron chi connectivity index (χ3n) is 7.85. The minimum absolute atomic E-state index is 0.0156.